The van der Waals surface area contributed by atoms with Gasteiger partial charge in [-0.05, 0) is 39.3 Å². The number of hydrogen-bond acceptors (Lipinski definition) is 4. The maximum atomic E-state index is 13.0. The van der Waals surface area contributed by atoms with Crippen LogP contribution in [0.15, 0.2) is 12.1 Å². The smallest absolute Gasteiger partial charge is 0.268 e. The number of hydrogen-bond donors (Lipinski definition) is 0. The first kappa shape index (κ1) is 19.2. The first-order chi connectivity index (χ1) is 12.8. The van der Waals surface area contributed by atoms with Crippen molar-refractivity contribution in [3.63, 3.8) is 0 Å². The van der Waals surface area contributed by atoms with Crippen LogP contribution in [-0.2, 0) is 18.4 Å². The molecule has 144 valence electrons. The van der Waals surface area contributed by atoms with Crippen molar-refractivity contribution < 1.29 is 9.59 Å². The van der Waals surface area contributed by atoms with Crippen LogP contribution in [0.1, 0.15) is 40.8 Å². The van der Waals surface area contributed by atoms with Crippen LogP contribution in [-0.4, -0.2) is 54.5 Å². The number of amides is 2. The van der Waals surface area contributed by atoms with E-state index < -0.39 is 0 Å². The summed E-state index contributed by atoms with van der Waals surface area (Å²) in [6, 6.07) is 1.75. The van der Waals surface area contributed by atoms with Crippen LogP contribution >= 0.6 is 11.6 Å². The molecule has 3 rings (SSSR count). The lowest BCUT2D eigenvalue weighted by Crippen LogP contribution is -2.44. The average Bonchev–Trinajstić information content (AvgIpc) is 3.32. The predicted octanol–water partition coefficient (Wildman–Crippen LogP) is 2.21. The van der Waals surface area contributed by atoms with Crippen LogP contribution in [0.4, 0.5) is 0 Å². The average molecular weight is 391 g/mol. The van der Waals surface area contributed by atoms with E-state index >= 15 is 0 Å². The second kappa shape index (κ2) is 7.56. The number of carbonyl (C=O) groups excluding carboxylic acids is 2. The SMILES string of the molecule is CCn1nc(C)cc1C(=O)N1CCCN1C(=O)C=Cc1c(C)nn(C)c1Cl. The van der Waals surface area contributed by atoms with E-state index in [0.29, 0.717) is 36.0 Å². The lowest BCUT2D eigenvalue weighted by molar-refractivity contribution is -0.134. The molecule has 0 N–H and O–H groups in total. The predicted molar refractivity (Wildman–Crippen MR) is 102 cm³/mol. The third-order valence-electron chi connectivity index (χ3n) is 4.53. The van der Waals surface area contributed by atoms with Gasteiger partial charge in [-0.25, -0.2) is 10.0 Å². The van der Waals surface area contributed by atoms with E-state index in [1.54, 1.807) is 28.6 Å². The first-order valence-electron chi connectivity index (χ1n) is 8.88. The fourth-order valence-electron chi connectivity index (χ4n) is 3.22. The molecule has 27 heavy (non-hydrogen) atoms. The molecule has 1 aliphatic rings. The summed E-state index contributed by atoms with van der Waals surface area (Å²) in [4.78, 5) is 25.7. The van der Waals surface area contributed by atoms with Gasteiger partial charge < -0.3 is 0 Å². The number of carbonyl (C=O) groups is 2. The van der Waals surface area contributed by atoms with E-state index in [0.717, 1.165) is 17.8 Å². The summed E-state index contributed by atoms with van der Waals surface area (Å²) in [7, 11) is 1.74. The minimum atomic E-state index is -0.264. The van der Waals surface area contributed by atoms with Crippen molar-refractivity contribution in [2.45, 2.75) is 33.7 Å². The summed E-state index contributed by atoms with van der Waals surface area (Å²) < 4.78 is 3.22. The van der Waals surface area contributed by atoms with Crippen LogP contribution in [0.25, 0.3) is 6.08 Å². The zero-order valence-electron chi connectivity index (χ0n) is 15.9. The largest absolute Gasteiger partial charge is 0.290 e. The summed E-state index contributed by atoms with van der Waals surface area (Å²) in [5.41, 5.74) is 2.70. The molecule has 0 radical (unpaired) electrons. The van der Waals surface area contributed by atoms with Crippen molar-refractivity contribution in [2.24, 2.45) is 7.05 Å². The second-order valence-corrected chi connectivity index (χ2v) is 6.83. The highest BCUT2D eigenvalue weighted by Crippen LogP contribution is 2.21. The number of aryl methyl sites for hydroxylation is 4. The Labute approximate surface area is 163 Å². The molecule has 0 saturated carbocycles. The van der Waals surface area contributed by atoms with Gasteiger partial charge in [0.1, 0.15) is 10.8 Å². The highest BCUT2D eigenvalue weighted by Gasteiger charge is 2.32. The molecule has 0 spiro atoms. The van der Waals surface area contributed by atoms with Gasteiger partial charge in [0.05, 0.1) is 11.4 Å². The summed E-state index contributed by atoms with van der Waals surface area (Å²) in [6.45, 7) is 7.19. The monoisotopic (exact) mass is 390 g/mol. The topological polar surface area (TPSA) is 76.3 Å². The Bertz CT molecular complexity index is 913. The summed E-state index contributed by atoms with van der Waals surface area (Å²) in [5, 5.41) is 12.0. The second-order valence-electron chi connectivity index (χ2n) is 6.48. The molecule has 1 fully saturated rings. The number of aromatic nitrogens is 4. The Hall–Kier alpha value is -2.61. The molecule has 0 aliphatic carbocycles. The Morgan fingerprint density at radius 1 is 1.22 bits per heavy atom. The first-order valence-corrected chi connectivity index (χ1v) is 9.26. The van der Waals surface area contributed by atoms with Crippen molar-refractivity contribution in [3.05, 3.63) is 39.9 Å². The molecule has 1 saturated heterocycles. The molecule has 2 aromatic heterocycles. The molecule has 9 heteroatoms. The number of halogens is 1. The van der Waals surface area contributed by atoms with Gasteiger partial charge >= 0.3 is 0 Å². The zero-order chi connectivity index (χ0) is 19.7. The standard InChI is InChI=1S/C18H23ClN6O2/c1-5-23-15(11-12(2)20-23)18(27)25-10-6-9-24(25)16(26)8-7-14-13(3)21-22(4)17(14)19/h7-8,11H,5-6,9-10H2,1-4H3. The van der Waals surface area contributed by atoms with E-state index in [9.17, 15) is 9.59 Å². The third-order valence-corrected chi connectivity index (χ3v) is 4.98. The Kier molecular flexibility index (Phi) is 5.36. The maximum absolute atomic E-state index is 13.0. The van der Waals surface area contributed by atoms with Gasteiger partial charge in [-0.2, -0.15) is 10.2 Å². The Morgan fingerprint density at radius 2 is 1.93 bits per heavy atom. The van der Waals surface area contributed by atoms with Crippen molar-refractivity contribution in [1.29, 1.82) is 0 Å². The lowest BCUT2D eigenvalue weighted by atomic mass is 10.2. The van der Waals surface area contributed by atoms with Crippen molar-refractivity contribution in [1.82, 2.24) is 29.6 Å². The molecular formula is C18H23ClN6O2. The van der Waals surface area contributed by atoms with Crippen LogP contribution < -0.4 is 0 Å². The minimum absolute atomic E-state index is 0.215. The van der Waals surface area contributed by atoms with Gasteiger partial charge in [-0.15, -0.1) is 0 Å². The van der Waals surface area contributed by atoms with E-state index in [2.05, 4.69) is 10.2 Å². The van der Waals surface area contributed by atoms with Crippen molar-refractivity contribution in [3.8, 4) is 0 Å². The number of hydrazine groups is 1. The molecule has 0 bridgehead atoms. The third kappa shape index (κ3) is 3.62. The molecule has 8 nitrogen and oxygen atoms in total. The van der Waals surface area contributed by atoms with Gasteiger partial charge in [-0.1, -0.05) is 11.6 Å². The quantitative estimate of drug-likeness (QED) is 0.750. The fourth-order valence-corrected chi connectivity index (χ4v) is 3.46. The Balaban J connectivity index is 1.80. The normalized spacial score (nSPS) is 14.6. The van der Waals surface area contributed by atoms with E-state index in [4.69, 9.17) is 11.6 Å². The van der Waals surface area contributed by atoms with E-state index in [-0.39, 0.29) is 11.8 Å². The lowest BCUT2D eigenvalue weighted by Gasteiger charge is -2.26. The van der Waals surface area contributed by atoms with E-state index in [1.165, 1.54) is 16.1 Å². The van der Waals surface area contributed by atoms with Gasteiger partial charge in [0.2, 0.25) is 0 Å². The summed E-state index contributed by atoms with van der Waals surface area (Å²) in [6.07, 6.45) is 3.82. The maximum Gasteiger partial charge on any atom is 0.290 e. The molecule has 0 atom stereocenters. The van der Waals surface area contributed by atoms with Crippen LogP contribution in [0, 0.1) is 13.8 Å². The Morgan fingerprint density at radius 3 is 2.56 bits per heavy atom. The molecule has 0 aromatic carbocycles. The van der Waals surface area contributed by atoms with Gasteiger partial charge in [0.25, 0.3) is 11.8 Å². The zero-order valence-corrected chi connectivity index (χ0v) is 16.7. The van der Waals surface area contributed by atoms with Crippen LogP contribution in [0.3, 0.4) is 0 Å². The molecular weight excluding hydrogens is 368 g/mol. The van der Waals surface area contributed by atoms with Crippen molar-refractivity contribution >= 4 is 29.5 Å². The molecule has 2 amide bonds. The summed E-state index contributed by atoms with van der Waals surface area (Å²) in [5.74, 6) is -0.480. The van der Waals surface area contributed by atoms with Crippen LogP contribution in [0.2, 0.25) is 5.15 Å². The van der Waals surface area contributed by atoms with Gasteiger partial charge in [0.15, 0.2) is 0 Å². The highest BCUT2D eigenvalue weighted by atomic mass is 35.5. The van der Waals surface area contributed by atoms with E-state index in [1.807, 2.05) is 20.8 Å². The minimum Gasteiger partial charge on any atom is -0.268 e. The van der Waals surface area contributed by atoms with Gasteiger partial charge in [-0.3, -0.25) is 19.0 Å². The fraction of sp³-hybridized carbons (Fsp3) is 0.444. The molecule has 1 aliphatic heterocycles. The molecule has 3 heterocycles. The van der Waals surface area contributed by atoms with Crippen molar-refractivity contribution in [2.75, 3.05) is 13.1 Å². The number of nitrogens with zero attached hydrogens (tertiary/aromatic N) is 6. The molecule has 0 unspecified atom stereocenters. The van der Waals surface area contributed by atoms with Gasteiger partial charge in [0, 0.05) is 38.3 Å². The van der Waals surface area contributed by atoms with Crippen LogP contribution in [0.5, 0.6) is 0 Å². The highest BCUT2D eigenvalue weighted by molar-refractivity contribution is 6.31. The number of rotatable bonds is 4. The molecule has 2 aromatic rings. The summed E-state index contributed by atoms with van der Waals surface area (Å²) >= 11 is 6.20.